The van der Waals surface area contributed by atoms with Gasteiger partial charge >= 0.3 is 5.97 Å². The zero-order valence-corrected chi connectivity index (χ0v) is 10.2. The lowest BCUT2D eigenvalue weighted by atomic mass is 9.92. The highest BCUT2D eigenvalue weighted by Crippen LogP contribution is 2.17. The van der Waals surface area contributed by atoms with E-state index in [2.05, 4.69) is 5.32 Å². The Morgan fingerprint density at radius 2 is 2.00 bits per heavy atom. The molecule has 0 aliphatic carbocycles. The van der Waals surface area contributed by atoms with Crippen molar-refractivity contribution in [3.63, 3.8) is 0 Å². The monoisotopic (exact) mass is 237 g/mol. The molecule has 3 N–H and O–H groups in total. The van der Waals surface area contributed by atoms with Crippen molar-refractivity contribution in [2.45, 2.75) is 38.8 Å². The molecule has 4 heteroatoms. The van der Waals surface area contributed by atoms with Gasteiger partial charge in [-0.25, -0.2) is 0 Å². The molecule has 94 valence electrons. The second-order valence-corrected chi connectivity index (χ2v) is 4.12. The molecule has 0 heterocycles. The third-order valence-corrected chi connectivity index (χ3v) is 3.16. The van der Waals surface area contributed by atoms with Crippen molar-refractivity contribution in [3.05, 3.63) is 29.8 Å². The third kappa shape index (κ3) is 3.20. The molecule has 0 amide bonds. The van der Waals surface area contributed by atoms with Crippen LogP contribution in [0.5, 0.6) is 5.75 Å². The van der Waals surface area contributed by atoms with E-state index in [1.807, 2.05) is 19.9 Å². The standard InChI is InChI=1S/C13H19NO3/c1-3-13(4-2,12(16)17)14-9-10-6-5-7-11(15)8-10/h5-8,14-15H,3-4,9H2,1-2H3,(H,16,17). The number of aromatic hydroxyl groups is 1. The number of rotatable bonds is 6. The molecule has 0 atom stereocenters. The topological polar surface area (TPSA) is 69.6 Å². The number of phenols is 1. The summed E-state index contributed by atoms with van der Waals surface area (Å²) in [6.45, 7) is 4.14. The van der Waals surface area contributed by atoms with Crippen LogP contribution in [0.2, 0.25) is 0 Å². The minimum atomic E-state index is -0.883. The van der Waals surface area contributed by atoms with Crippen LogP contribution in [0, 0.1) is 0 Å². The molecule has 0 aliphatic rings. The van der Waals surface area contributed by atoms with Crippen LogP contribution in [0.3, 0.4) is 0 Å². The van der Waals surface area contributed by atoms with Crippen molar-refractivity contribution in [1.29, 1.82) is 0 Å². The fourth-order valence-electron chi connectivity index (χ4n) is 1.82. The van der Waals surface area contributed by atoms with Gasteiger partial charge in [-0.2, -0.15) is 0 Å². The predicted molar refractivity (Wildman–Crippen MR) is 65.9 cm³/mol. The summed E-state index contributed by atoms with van der Waals surface area (Å²) < 4.78 is 0. The largest absolute Gasteiger partial charge is 0.508 e. The van der Waals surface area contributed by atoms with Crippen LogP contribution >= 0.6 is 0 Å². The maximum Gasteiger partial charge on any atom is 0.323 e. The van der Waals surface area contributed by atoms with Gasteiger partial charge in [0.2, 0.25) is 0 Å². The number of benzene rings is 1. The molecule has 1 aromatic rings. The van der Waals surface area contributed by atoms with Crippen LogP contribution < -0.4 is 5.32 Å². The number of phenolic OH excluding ortho intramolecular Hbond substituents is 1. The van der Waals surface area contributed by atoms with E-state index >= 15 is 0 Å². The van der Waals surface area contributed by atoms with Gasteiger partial charge in [0.25, 0.3) is 0 Å². The highest BCUT2D eigenvalue weighted by molar-refractivity contribution is 5.78. The van der Waals surface area contributed by atoms with Gasteiger partial charge in [-0.15, -0.1) is 0 Å². The maximum absolute atomic E-state index is 11.3. The second kappa shape index (κ2) is 5.68. The van der Waals surface area contributed by atoms with Gasteiger partial charge in [0.15, 0.2) is 0 Å². The van der Waals surface area contributed by atoms with Crippen LogP contribution in [-0.4, -0.2) is 21.7 Å². The molecule has 1 rings (SSSR count). The predicted octanol–water partition coefficient (Wildman–Crippen LogP) is 2.13. The van der Waals surface area contributed by atoms with Gasteiger partial charge < -0.3 is 10.2 Å². The number of carbonyl (C=O) groups is 1. The van der Waals surface area contributed by atoms with E-state index in [0.29, 0.717) is 19.4 Å². The van der Waals surface area contributed by atoms with Crippen LogP contribution in [0.15, 0.2) is 24.3 Å². The van der Waals surface area contributed by atoms with E-state index < -0.39 is 11.5 Å². The SMILES string of the molecule is CCC(CC)(NCc1cccc(O)c1)C(=O)O. The first-order valence-corrected chi connectivity index (χ1v) is 5.80. The molecular weight excluding hydrogens is 218 g/mol. The van der Waals surface area contributed by atoms with E-state index in [-0.39, 0.29) is 5.75 Å². The number of carboxylic acids is 1. The minimum Gasteiger partial charge on any atom is -0.508 e. The molecule has 0 saturated heterocycles. The quantitative estimate of drug-likeness (QED) is 0.709. The van der Waals surface area contributed by atoms with Crippen molar-refractivity contribution < 1.29 is 15.0 Å². The lowest BCUT2D eigenvalue weighted by molar-refractivity contribution is -0.145. The summed E-state index contributed by atoms with van der Waals surface area (Å²) in [6, 6.07) is 6.82. The molecular formula is C13H19NO3. The number of hydrogen-bond acceptors (Lipinski definition) is 3. The van der Waals surface area contributed by atoms with E-state index in [9.17, 15) is 15.0 Å². The fraction of sp³-hybridized carbons (Fsp3) is 0.462. The number of carboxylic acid groups (broad SMARTS) is 1. The van der Waals surface area contributed by atoms with Crippen molar-refractivity contribution in [3.8, 4) is 5.75 Å². The van der Waals surface area contributed by atoms with E-state index in [0.717, 1.165) is 5.56 Å². The van der Waals surface area contributed by atoms with E-state index in [4.69, 9.17) is 0 Å². The molecule has 0 fully saturated rings. The summed E-state index contributed by atoms with van der Waals surface area (Å²) in [5, 5.41) is 21.6. The third-order valence-electron chi connectivity index (χ3n) is 3.16. The molecule has 0 aliphatic heterocycles. The van der Waals surface area contributed by atoms with Gasteiger partial charge in [-0.05, 0) is 30.5 Å². The number of aliphatic carboxylic acids is 1. The van der Waals surface area contributed by atoms with Gasteiger partial charge in [0.1, 0.15) is 11.3 Å². The summed E-state index contributed by atoms with van der Waals surface area (Å²) >= 11 is 0. The first-order chi connectivity index (χ1) is 8.04. The zero-order chi connectivity index (χ0) is 12.9. The lowest BCUT2D eigenvalue weighted by Crippen LogP contribution is -2.50. The average molecular weight is 237 g/mol. The summed E-state index contributed by atoms with van der Waals surface area (Å²) in [6.07, 6.45) is 1.05. The van der Waals surface area contributed by atoms with Crippen LogP contribution in [-0.2, 0) is 11.3 Å². The summed E-state index contributed by atoms with van der Waals surface area (Å²) in [4.78, 5) is 11.3. The molecule has 0 bridgehead atoms. The Hall–Kier alpha value is -1.55. The van der Waals surface area contributed by atoms with E-state index in [1.165, 1.54) is 0 Å². The lowest BCUT2D eigenvalue weighted by Gasteiger charge is -2.28. The molecule has 0 saturated carbocycles. The highest BCUT2D eigenvalue weighted by atomic mass is 16.4. The van der Waals surface area contributed by atoms with Crippen molar-refractivity contribution in [1.82, 2.24) is 5.32 Å². The van der Waals surface area contributed by atoms with Gasteiger partial charge in [-0.1, -0.05) is 26.0 Å². The molecule has 17 heavy (non-hydrogen) atoms. The minimum absolute atomic E-state index is 0.193. The summed E-state index contributed by atoms with van der Waals surface area (Å²) in [5.41, 5.74) is -0.0108. The Bertz CT molecular complexity index is 386. The average Bonchev–Trinajstić information content (AvgIpc) is 2.31. The second-order valence-electron chi connectivity index (χ2n) is 4.12. The number of nitrogens with one attached hydrogen (secondary N) is 1. The van der Waals surface area contributed by atoms with Crippen LogP contribution in [0.25, 0.3) is 0 Å². The maximum atomic E-state index is 11.3. The highest BCUT2D eigenvalue weighted by Gasteiger charge is 2.33. The summed E-state index contributed by atoms with van der Waals surface area (Å²) in [5.74, 6) is -0.638. The molecule has 0 radical (unpaired) electrons. The van der Waals surface area contributed by atoms with Crippen LogP contribution in [0.4, 0.5) is 0 Å². The molecule has 0 spiro atoms. The molecule has 1 aromatic carbocycles. The van der Waals surface area contributed by atoms with Crippen molar-refractivity contribution >= 4 is 5.97 Å². The first kappa shape index (κ1) is 13.5. The number of hydrogen-bond donors (Lipinski definition) is 3. The van der Waals surface area contributed by atoms with E-state index in [1.54, 1.807) is 18.2 Å². The smallest absolute Gasteiger partial charge is 0.323 e. The Balaban J connectivity index is 2.74. The molecule has 0 unspecified atom stereocenters. The van der Waals surface area contributed by atoms with Gasteiger partial charge in [-0.3, -0.25) is 10.1 Å². The van der Waals surface area contributed by atoms with Gasteiger partial charge in [0, 0.05) is 6.54 Å². The van der Waals surface area contributed by atoms with Crippen molar-refractivity contribution in [2.24, 2.45) is 0 Å². The zero-order valence-electron chi connectivity index (χ0n) is 10.2. The first-order valence-electron chi connectivity index (χ1n) is 5.80. The Kier molecular flexibility index (Phi) is 4.52. The van der Waals surface area contributed by atoms with Gasteiger partial charge in [0.05, 0.1) is 0 Å². The Morgan fingerprint density at radius 3 is 2.47 bits per heavy atom. The summed E-state index contributed by atoms with van der Waals surface area (Å²) in [7, 11) is 0. The van der Waals surface area contributed by atoms with Crippen LogP contribution in [0.1, 0.15) is 32.3 Å². The molecule has 0 aromatic heterocycles. The Labute approximate surface area is 101 Å². The Morgan fingerprint density at radius 1 is 1.35 bits per heavy atom. The van der Waals surface area contributed by atoms with Crippen molar-refractivity contribution in [2.75, 3.05) is 0 Å². The normalized spacial score (nSPS) is 11.4. The molecule has 4 nitrogen and oxygen atoms in total. The fourth-order valence-corrected chi connectivity index (χ4v) is 1.82.